The average Bonchev–Trinajstić information content (AvgIpc) is 3.03. The molecule has 5 heteroatoms. The van der Waals surface area contributed by atoms with E-state index in [1.807, 2.05) is 39.0 Å². The van der Waals surface area contributed by atoms with Gasteiger partial charge in [-0.15, -0.1) is 11.3 Å². The molecular weight excluding hydrogens is 392 g/mol. The van der Waals surface area contributed by atoms with Gasteiger partial charge in [0.15, 0.2) is 5.78 Å². The fourth-order valence-corrected chi connectivity index (χ4v) is 5.77. The van der Waals surface area contributed by atoms with Crippen LogP contribution in [-0.4, -0.2) is 15.3 Å². The molecule has 0 radical (unpaired) electrons. The lowest BCUT2D eigenvalue weighted by Crippen LogP contribution is -2.29. The summed E-state index contributed by atoms with van der Waals surface area (Å²) in [5, 5.41) is 0.737. The Kier molecular flexibility index (Phi) is 5.21. The molecule has 2 heterocycles. The number of aryl methyl sites for hydroxylation is 4. The van der Waals surface area contributed by atoms with Crippen LogP contribution in [0.25, 0.3) is 10.2 Å². The third-order valence-corrected chi connectivity index (χ3v) is 7.86. The zero-order valence-electron chi connectivity index (χ0n) is 18.8. The Labute approximate surface area is 182 Å². The number of hydrogen-bond donors (Lipinski definition) is 0. The van der Waals surface area contributed by atoms with E-state index in [1.54, 1.807) is 15.9 Å². The molecule has 0 amide bonds. The number of nitrogens with zero attached hydrogens (tertiary/aromatic N) is 2. The van der Waals surface area contributed by atoms with Crippen LogP contribution >= 0.6 is 11.3 Å². The number of hydrogen-bond acceptors (Lipinski definition) is 4. The van der Waals surface area contributed by atoms with Gasteiger partial charge >= 0.3 is 0 Å². The van der Waals surface area contributed by atoms with Gasteiger partial charge in [0, 0.05) is 10.4 Å². The summed E-state index contributed by atoms with van der Waals surface area (Å²) in [4.78, 5) is 33.2. The van der Waals surface area contributed by atoms with E-state index in [-0.39, 0.29) is 23.3 Å². The SMILES string of the molecule is Cc1ccc(C(=O)Cn2c(C)nc3sc4c(c3c2=O)CCC(C(C)(C)C)C4)cc1C. The van der Waals surface area contributed by atoms with Crippen molar-refractivity contribution in [3.63, 3.8) is 0 Å². The number of carbonyl (C=O) groups excluding carboxylic acids is 1. The fourth-order valence-electron chi connectivity index (χ4n) is 4.44. The Morgan fingerprint density at radius 3 is 2.60 bits per heavy atom. The summed E-state index contributed by atoms with van der Waals surface area (Å²) in [6.45, 7) is 12.8. The van der Waals surface area contributed by atoms with E-state index in [2.05, 4.69) is 20.8 Å². The summed E-state index contributed by atoms with van der Waals surface area (Å²) in [5.74, 6) is 1.17. The van der Waals surface area contributed by atoms with Crippen LogP contribution in [0.3, 0.4) is 0 Å². The van der Waals surface area contributed by atoms with Crippen LogP contribution in [0.4, 0.5) is 0 Å². The van der Waals surface area contributed by atoms with Gasteiger partial charge in [-0.1, -0.05) is 32.9 Å². The molecule has 4 nitrogen and oxygen atoms in total. The number of ketones is 1. The molecule has 158 valence electrons. The van der Waals surface area contributed by atoms with Crippen molar-refractivity contribution in [1.29, 1.82) is 0 Å². The first-order chi connectivity index (χ1) is 14.1. The number of Topliss-reactive ketones (excluding diaryl/α,β-unsaturated/α-hetero) is 1. The van der Waals surface area contributed by atoms with E-state index in [9.17, 15) is 9.59 Å². The van der Waals surface area contributed by atoms with Gasteiger partial charge in [0.25, 0.3) is 5.56 Å². The van der Waals surface area contributed by atoms with Gasteiger partial charge in [0.1, 0.15) is 10.7 Å². The minimum atomic E-state index is -0.0682. The molecule has 3 aromatic rings. The predicted molar refractivity (Wildman–Crippen MR) is 124 cm³/mol. The molecule has 0 saturated carbocycles. The monoisotopic (exact) mass is 422 g/mol. The molecule has 0 N–H and O–H groups in total. The number of thiophene rings is 1. The maximum atomic E-state index is 13.4. The van der Waals surface area contributed by atoms with E-state index in [4.69, 9.17) is 4.98 Å². The normalized spacial score (nSPS) is 16.7. The summed E-state index contributed by atoms with van der Waals surface area (Å²) < 4.78 is 1.56. The average molecular weight is 423 g/mol. The molecule has 1 aliphatic rings. The highest BCUT2D eigenvalue weighted by Crippen LogP contribution is 2.42. The third kappa shape index (κ3) is 3.64. The minimum absolute atomic E-state index is 0.0331. The van der Waals surface area contributed by atoms with Crippen LogP contribution in [0.1, 0.15) is 64.9 Å². The molecule has 1 aliphatic carbocycles. The van der Waals surface area contributed by atoms with Gasteiger partial charge in [-0.25, -0.2) is 4.98 Å². The molecule has 2 aromatic heterocycles. The van der Waals surface area contributed by atoms with E-state index < -0.39 is 0 Å². The van der Waals surface area contributed by atoms with Gasteiger partial charge in [-0.2, -0.15) is 0 Å². The van der Waals surface area contributed by atoms with Crippen molar-refractivity contribution in [1.82, 2.24) is 9.55 Å². The Morgan fingerprint density at radius 2 is 1.93 bits per heavy atom. The van der Waals surface area contributed by atoms with Crippen molar-refractivity contribution in [3.8, 4) is 0 Å². The summed E-state index contributed by atoms with van der Waals surface area (Å²) in [6, 6.07) is 5.71. The highest BCUT2D eigenvalue weighted by atomic mass is 32.1. The lowest BCUT2D eigenvalue weighted by atomic mass is 9.72. The van der Waals surface area contributed by atoms with Crippen LogP contribution in [0.5, 0.6) is 0 Å². The molecule has 0 saturated heterocycles. The first kappa shape index (κ1) is 21.0. The van der Waals surface area contributed by atoms with Crippen molar-refractivity contribution < 1.29 is 4.79 Å². The van der Waals surface area contributed by atoms with Gasteiger partial charge in [0.2, 0.25) is 0 Å². The van der Waals surface area contributed by atoms with Crippen molar-refractivity contribution >= 4 is 27.3 Å². The number of aromatic nitrogens is 2. The Morgan fingerprint density at radius 1 is 1.20 bits per heavy atom. The molecule has 0 spiro atoms. The Hall–Kier alpha value is -2.27. The van der Waals surface area contributed by atoms with Gasteiger partial charge < -0.3 is 0 Å². The van der Waals surface area contributed by atoms with Crippen molar-refractivity contribution in [2.24, 2.45) is 11.3 Å². The maximum absolute atomic E-state index is 13.4. The van der Waals surface area contributed by atoms with Crippen LogP contribution < -0.4 is 5.56 Å². The molecule has 30 heavy (non-hydrogen) atoms. The predicted octanol–water partition coefficient (Wildman–Crippen LogP) is 5.42. The van der Waals surface area contributed by atoms with E-state index >= 15 is 0 Å². The number of rotatable bonds is 3. The second kappa shape index (κ2) is 7.45. The molecule has 4 rings (SSSR count). The first-order valence-corrected chi connectivity index (χ1v) is 11.5. The highest BCUT2D eigenvalue weighted by Gasteiger charge is 2.32. The Bertz CT molecular complexity index is 1210. The molecule has 1 aromatic carbocycles. The smallest absolute Gasteiger partial charge is 0.262 e. The zero-order chi connectivity index (χ0) is 21.8. The molecule has 0 fully saturated rings. The van der Waals surface area contributed by atoms with Crippen LogP contribution in [0.2, 0.25) is 0 Å². The topological polar surface area (TPSA) is 52.0 Å². The van der Waals surface area contributed by atoms with E-state index in [0.29, 0.717) is 17.3 Å². The molecule has 1 unspecified atom stereocenters. The second-order valence-corrected chi connectivity index (χ2v) is 10.8. The lowest BCUT2D eigenvalue weighted by molar-refractivity contribution is 0.0969. The fraction of sp³-hybridized carbons (Fsp3) is 0.480. The molecule has 0 aliphatic heterocycles. The van der Waals surface area contributed by atoms with Crippen molar-refractivity contribution in [3.05, 3.63) is 61.5 Å². The maximum Gasteiger partial charge on any atom is 0.262 e. The zero-order valence-corrected chi connectivity index (χ0v) is 19.6. The van der Waals surface area contributed by atoms with E-state index in [0.717, 1.165) is 40.6 Å². The number of fused-ring (bicyclic) bond motifs is 3. The molecule has 1 atom stereocenters. The summed E-state index contributed by atoms with van der Waals surface area (Å²) in [5.41, 5.74) is 4.24. The van der Waals surface area contributed by atoms with Crippen molar-refractivity contribution in [2.45, 2.75) is 67.3 Å². The summed E-state index contributed by atoms with van der Waals surface area (Å²) in [7, 11) is 0. The highest BCUT2D eigenvalue weighted by molar-refractivity contribution is 7.18. The summed E-state index contributed by atoms with van der Waals surface area (Å²) in [6.07, 6.45) is 3.03. The van der Waals surface area contributed by atoms with Gasteiger partial charge in [0.05, 0.1) is 11.9 Å². The lowest BCUT2D eigenvalue weighted by Gasteiger charge is -2.33. The molecular formula is C25H30N2O2S. The standard InChI is InChI=1S/C25H30N2O2S/c1-14-7-8-17(11-15(14)2)20(28)13-27-16(3)26-23-22(24(27)29)19-10-9-18(25(4,5)6)12-21(19)30-23/h7-8,11,18H,9-10,12-13H2,1-6H3. The van der Waals surface area contributed by atoms with Gasteiger partial charge in [-0.05, 0) is 74.1 Å². The summed E-state index contributed by atoms with van der Waals surface area (Å²) >= 11 is 1.67. The van der Waals surface area contributed by atoms with Gasteiger partial charge in [-0.3, -0.25) is 14.2 Å². The minimum Gasteiger partial charge on any atom is -0.292 e. The van der Waals surface area contributed by atoms with E-state index in [1.165, 1.54) is 10.4 Å². The Balaban J connectivity index is 1.73. The van der Waals surface area contributed by atoms with Crippen molar-refractivity contribution in [2.75, 3.05) is 0 Å². The van der Waals surface area contributed by atoms with Crippen LogP contribution in [-0.2, 0) is 19.4 Å². The third-order valence-electron chi connectivity index (χ3n) is 6.72. The van der Waals surface area contributed by atoms with Crippen LogP contribution in [0, 0.1) is 32.1 Å². The number of benzene rings is 1. The second-order valence-electron chi connectivity index (χ2n) is 9.76. The first-order valence-electron chi connectivity index (χ1n) is 10.7. The largest absolute Gasteiger partial charge is 0.292 e. The van der Waals surface area contributed by atoms with Crippen LogP contribution in [0.15, 0.2) is 23.0 Å². The molecule has 0 bridgehead atoms. The quantitative estimate of drug-likeness (QED) is 0.530. The number of carbonyl (C=O) groups is 1.